The maximum Gasteiger partial charge on any atom is 0.211 e. The standard InChI is InChI=1S/C13H28N2O2S2/c1-3-14-10-4-5-11-19(16,17)15-12-6-8-13(18-2)9-7-12/h12-15H,3-11H2,1-2H3. The fraction of sp³-hybridized carbons (Fsp3) is 1.00. The predicted molar refractivity (Wildman–Crippen MR) is 84.3 cm³/mol. The summed E-state index contributed by atoms with van der Waals surface area (Å²) in [6.07, 6.45) is 8.05. The van der Waals surface area contributed by atoms with Crippen LogP contribution in [-0.2, 0) is 10.0 Å². The van der Waals surface area contributed by atoms with E-state index in [2.05, 4.69) is 23.2 Å². The Kier molecular flexibility index (Phi) is 8.37. The molecule has 0 atom stereocenters. The molecule has 0 spiro atoms. The number of thioether (sulfide) groups is 1. The van der Waals surface area contributed by atoms with Crippen LogP contribution in [0.4, 0.5) is 0 Å². The van der Waals surface area contributed by atoms with Gasteiger partial charge in [-0.25, -0.2) is 13.1 Å². The molecule has 0 bridgehead atoms. The highest BCUT2D eigenvalue weighted by atomic mass is 32.2. The molecule has 2 N–H and O–H groups in total. The van der Waals surface area contributed by atoms with Crippen LogP contribution in [0.15, 0.2) is 0 Å². The lowest BCUT2D eigenvalue weighted by Crippen LogP contribution is -2.39. The summed E-state index contributed by atoms with van der Waals surface area (Å²) in [7, 11) is -3.08. The monoisotopic (exact) mass is 308 g/mol. The SMILES string of the molecule is CCNCCCCS(=O)(=O)NC1CCC(SC)CC1. The van der Waals surface area contributed by atoms with Crippen molar-refractivity contribution in [2.75, 3.05) is 25.1 Å². The van der Waals surface area contributed by atoms with E-state index in [1.807, 2.05) is 11.8 Å². The van der Waals surface area contributed by atoms with Crippen molar-refractivity contribution in [3.05, 3.63) is 0 Å². The van der Waals surface area contributed by atoms with Crippen molar-refractivity contribution in [1.82, 2.24) is 10.0 Å². The van der Waals surface area contributed by atoms with E-state index in [0.717, 1.165) is 56.9 Å². The van der Waals surface area contributed by atoms with E-state index in [9.17, 15) is 8.42 Å². The molecule has 0 saturated heterocycles. The Bertz CT molecular complexity index is 326. The predicted octanol–water partition coefficient (Wildman–Crippen LogP) is 1.97. The molecule has 19 heavy (non-hydrogen) atoms. The molecule has 114 valence electrons. The molecule has 1 rings (SSSR count). The first kappa shape index (κ1) is 17.3. The summed E-state index contributed by atoms with van der Waals surface area (Å²) in [5.74, 6) is 0.265. The van der Waals surface area contributed by atoms with E-state index in [-0.39, 0.29) is 11.8 Å². The van der Waals surface area contributed by atoms with Crippen molar-refractivity contribution in [2.24, 2.45) is 0 Å². The molecular weight excluding hydrogens is 280 g/mol. The lowest BCUT2D eigenvalue weighted by molar-refractivity contribution is 0.419. The lowest BCUT2D eigenvalue weighted by atomic mass is 9.96. The van der Waals surface area contributed by atoms with Gasteiger partial charge in [0.05, 0.1) is 5.75 Å². The normalized spacial score (nSPS) is 24.5. The van der Waals surface area contributed by atoms with Gasteiger partial charge in [-0.1, -0.05) is 6.92 Å². The molecule has 0 aromatic rings. The van der Waals surface area contributed by atoms with Gasteiger partial charge in [0.2, 0.25) is 10.0 Å². The Balaban J connectivity index is 2.19. The number of unbranched alkanes of at least 4 members (excludes halogenated alkanes) is 1. The minimum atomic E-state index is -3.08. The van der Waals surface area contributed by atoms with Crippen molar-refractivity contribution < 1.29 is 8.42 Å². The maximum absolute atomic E-state index is 11.9. The molecule has 0 radical (unpaired) electrons. The zero-order chi connectivity index (χ0) is 14.1. The van der Waals surface area contributed by atoms with Crippen molar-refractivity contribution in [2.45, 2.75) is 56.7 Å². The highest BCUT2D eigenvalue weighted by Gasteiger charge is 2.23. The highest BCUT2D eigenvalue weighted by Crippen LogP contribution is 2.27. The molecular formula is C13H28N2O2S2. The van der Waals surface area contributed by atoms with E-state index < -0.39 is 10.0 Å². The van der Waals surface area contributed by atoms with Gasteiger partial charge in [0.1, 0.15) is 0 Å². The summed E-state index contributed by atoms with van der Waals surface area (Å²) >= 11 is 1.90. The maximum atomic E-state index is 11.9. The minimum Gasteiger partial charge on any atom is -0.317 e. The van der Waals surface area contributed by atoms with E-state index in [1.54, 1.807) is 0 Å². The Labute approximate surface area is 122 Å². The number of nitrogens with one attached hydrogen (secondary N) is 2. The summed E-state index contributed by atoms with van der Waals surface area (Å²) in [4.78, 5) is 0. The summed E-state index contributed by atoms with van der Waals surface area (Å²) in [5.41, 5.74) is 0. The van der Waals surface area contributed by atoms with Crippen LogP contribution in [0.3, 0.4) is 0 Å². The third-order valence-electron chi connectivity index (χ3n) is 3.62. The fourth-order valence-electron chi connectivity index (χ4n) is 2.45. The van der Waals surface area contributed by atoms with Gasteiger partial charge in [-0.2, -0.15) is 11.8 Å². The molecule has 1 saturated carbocycles. The summed E-state index contributed by atoms with van der Waals surface area (Å²) < 4.78 is 26.8. The van der Waals surface area contributed by atoms with Crippen molar-refractivity contribution >= 4 is 21.8 Å². The summed E-state index contributed by atoms with van der Waals surface area (Å²) in [5, 5.41) is 3.93. The van der Waals surface area contributed by atoms with Gasteiger partial charge in [0, 0.05) is 11.3 Å². The number of sulfonamides is 1. The molecule has 0 amide bonds. The van der Waals surface area contributed by atoms with Gasteiger partial charge in [0.15, 0.2) is 0 Å². The molecule has 0 heterocycles. The molecule has 1 fully saturated rings. The molecule has 0 unspecified atom stereocenters. The van der Waals surface area contributed by atoms with Gasteiger partial charge in [0.25, 0.3) is 0 Å². The first-order valence-electron chi connectivity index (χ1n) is 7.31. The topological polar surface area (TPSA) is 58.2 Å². The number of rotatable bonds is 9. The van der Waals surface area contributed by atoms with Crippen LogP contribution < -0.4 is 10.0 Å². The summed E-state index contributed by atoms with van der Waals surface area (Å²) in [6.45, 7) is 3.91. The van der Waals surface area contributed by atoms with Gasteiger partial charge in [-0.15, -0.1) is 0 Å². The average molecular weight is 309 g/mol. The smallest absolute Gasteiger partial charge is 0.211 e. The second-order valence-electron chi connectivity index (χ2n) is 5.21. The molecule has 0 aromatic heterocycles. The van der Waals surface area contributed by atoms with E-state index in [0.29, 0.717) is 0 Å². The van der Waals surface area contributed by atoms with Crippen molar-refractivity contribution in [3.8, 4) is 0 Å². The van der Waals surface area contributed by atoms with Crippen LogP contribution in [0.25, 0.3) is 0 Å². The van der Waals surface area contributed by atoms with E-state index in [4.69, 9.17) is 0 Å². The Hall–Kier alpha value is 0.220. The molecule has 1 aliphatic carbocycles. The van der Waals surface area contributed by atoms with Gasteiger partial charge < -0.3 is 5.32 Å². The zero-order valence-electron chi connectivity index (χ0n) is 12.2. The largest absolute Gasteiger partial charge is 0.317 e. The van der Waals surface area contributed by atoms with E-state index in [1.165, 1.54) is 0 Å². The van der Waals surface area contributed by atoms with Gasteiger partial charge >= 0.3 is 0 Å². The second-order valence-corrected chi connectivity index (χ2v) is 8.22. The molecule has 1 aliphatic rings. The highest BCUT2D eigenvalue weighted by molar-refractivity contribution is 7.99. The Morgan fingerprint density at radius 2 is 1.84 bits per heavy atom. The minimum absolute atomic E-state index is 0.169. The first-order chi connectivity index (χ1) is 9.07. The molecule has 6 heteroatoms. The first-order valence-corrected chi connectivity index (χ1v) is 10.2. The third-order valence-corrected chi connectivity index (χ3v) is 6.28. The van der Waals surface area contributed by atoms with Gasteiger partial charge in [-0.3, -0.25) is 0 Å². The molecule has 0 aliphatic heterocycles. The van der Waals surface area contributed by atoms with Crippen molar-refractivity contribution in [3.63, 3.8) is 0 Å². The van der Waals surface area contributed by atoms with Crippen LogP contribution in [-0.4, -0.2) is 44.8 Å². The van der Waals surface area contributed by atoms with Crippen LogP contribution >= 0.6 is 11.8 Å². The quantitative estimate of drug-likeness (QED) is 0.639. The van der Waals surface area contributed by atoms with Crippen LogP contribution in [0.2, 0.25) is 0 Å². The Morgan fingerprint density at radius 3 is 2.42 bits per heavy atom. The molecule has 4 nitrogen and oxygen atoms in total. The second kappa shape index (κ2) is 9.21. The average Bonchev–Trinajstić information content (AvgIpc) is 2.39. The van der Waals surface area contributed by atoms with Crippen LogP contribution in [0, 0.1) is 0 Å². The molecule has 0 aromatic carbocycles. The number of hydrogen-bond donors (Lipinski definition) is 2. The summed E-state index contributed by atoms with van der Waals surface area (Å²) in [6, 6.07) is 0.169. The zero-order valence-corrected chi connectivity index (χ0v) is 13.8. The number of hydrogen-bond acceptors (Lipinski definition) is 4. The van der Waals surface area contributed by atoms with Crippen LogP contribution in [0.1, 0.15) is 45.4 Å². The fourth-order valence-corrected chi connectivity index (χ4v) is 4.64. The van der Waals surface area contributed by atoms with E-state index >= 15 is 0 Å². The van der Waals surface area contributed by atoms with Crippen molar-refractivity contribution in [1.29, 1.82) is 0 Å². The lowest BCUT2D eigenvalue weighted by Gasteiger charge is -2.27. The Morgan fingerprint density at radius 1 is 1.16 bits per heavy atom. The third kappa shape index (κ3) is 7.54. The van der Waals surface area contributed by atoms with Crippen LogP contribution in [0.5, 0.6) is 0 Å². The van der Waals surface area contributed by atoms with Gasteiger partial charge in [-0.05, 0) is 57.9 Å².